The van der Waals surface area contributed by atoms with E-state index in [4.69, 9.17) is 0 Å². The summed E-state index contributed by atoms with van der Waals surface area (Å²) in [6, 6.07) is 16.5. The van der Waals surface area contributed by atoms with Crippen molar-refractivity contribution in [2.75, 3.05) is 11.9 Å². The molecule has 0 unspecified atom stereocenters. The van der Waals surface area contributed by atoms with Crippen LogP contribution < -0.4 is 5.32 Å². The summed E-state index contributed by atoms with van der Waals surface area (Å²) >= 11 is 1.86. The third kappa shape index (κ3) is 3.69. The second-order valence-corrected chi connectivity index (χ2v) is 9.09. The first kappa shape index (κ1) is 19.7. The van der Waals surface area contributed by atoms with Gasteiger partial charge in [-0.1, -0.05) is 55.0 Å². The number of hydrogen-bond acceptors (Lipinski definition) is 2. The van der Waals surface area contributed by atoms with Gasteiger partial charge >= 0.3 is 6.03 Å². The lowest BCUT2D eigenvalue weighted by molar-refractivity contribution is 0.195. The number of amides is 2. The smallest absolute Gasteiger partial charge is 0.312 e. The van der Waals surface area contributed by atoms with E-state index in [1.165, 1.54) is 32.0 Å². The highest BCUT2D eigenvalue weighted by molar-refractivity contribution is 7.12. The van der Waals surface area contributed by atoms with Crippen LogP contribution in [0.4, 0.5) is 10.5 Å². The molecule has 4 rings (SSSR count). The molecule has 4 heteroatoms. The Bertz CT molecular complexity index is 1040. The van der Waals surface area contributed by atoms with E-state index >= 15 is 0 Å². The minimum atomic E-state index is -0.0327. The van der Waals surface area contributed by atoms with Gasteiger partial charge in [0, 0.05) is 22.0 Å². The van der Waals surface area contributed by atoms with Gasteiger partial charge < -0.3 is 10.2 Å². The molecule has 0 aliphatic carbocycles. The second kappa shape index (κ2) is 8.03. The maximum absolute atomic E-state index is 13.4. The van der Waals surface area contributed by atoms with Gasteiger partial charge in [0.15, 0.2) is 0 Å². The zero-order chi connectivity index (χ0) is 20.5. The van der Waals surface area contributed by atoms with Crippen molar-refractivity contribution in [1.29, 1.82) is 0 Å². The molecular formula is C25H28N2OS. The molecule has 0 spiro atoms. The van der Waals surface area contributed by atoms with Gasteiger partial charge in [-0.15, -0.1) is 11.3 Å². The van der Waals surface area contributed by atoms with E-state index < -0.39 is 0 Å². The number of nitrogens with one attached hydrogen (secondary N) is 1. The van der Waals surface area contributed by atoms with Gasteiger partial charge in [-0.05, 0) is 61.9 Å². The molecule has 2 heterocycles. The molecule has 0 bridgehead atoms. The number of urea groups is 1. The van der Waals surface area contributed by atoms with E-state index in [2.05, 4.69) is 56.4 Å². The lowest BCUT2D eigenvalue weighted by Gasteiger charge is -2.36. The number of fused-ring (bicyclic) bond motifs is 1. The van der Waals surface area contributed by atoms with Crippen LogP contribution in [0.5, 0.6) is 0 Å². The SMILES string of the molecule is CCc1c(C)sc2c1CCN(C(=O)Nc1ccc(C)cc1C)[C@H]2c1ccccc1. The Morgan fingerprint density at radius 3 is 2.59 bits per heavy atom. The van der Waals surface area contributed by atoms with Crippen molar-refractivity contribution in [2.45, 2.75) is 46.6 Å². The molecule has 1 aliphatic rings. The van der Waals surface area contributed by atoms with Crippen LogP contribution in [0.15, 0.2) is 48.5 Å². The molecule has 1 aliphatic heterocycles. The van der Waals surface area contributed by atoms with Crippen molar-refractivity contribution in [1.82, 2.24) is 4.90 Å². The molecule has 0 fully saturated rings. The average Bonchev–Trinajstić information content (AvgIpc) is 3.04. The largest absolute Gasteiger partial charge is 0.322 e. The number of carbonyl (C=O) groups is 1. The molecule has 3 nitrogen and oxygen atoms in total. The van der Waals surface area contributed by atoms with Gasteiger partial charge in [-0.3, -0.25) is 0 Å². The quantitative estimate of drug-likeness (QED) is 0.537. The summed E-state index contributed by atoms with van der Waals surface area (Å²) in [5, 5.41) is 3.16. The first-order valence-electron chi connectivity index (χ1n) is 10.3. The van der Waals surface area contributed by atoms with Crippen LogP contribution in [0.25, 0.3) is 0 Å². The van der Waals surface area contributed by atoms with Gasteiger partial charge in [0.05, 0.1) is 6.04 Å². The van der Waals surface area contributed by atoms with Crippen LogP contribution in [0.3, 0.4) is 0 Å². The summed E-state index contributed by atoms with van der Waals surface area (Å²) in [6.45, 7) is 9.28. The van der Waals surface area contributed by atoms with Crippen LogP contribution in [-0.2, 0) is 12.8 Å². The zero-order valence-corrected chi connectivity index (χ0v) is 18.4. The number of carbonyl (C=O) groups excluding carboxylic acids is 1. The Hall–Kier alpha value is -2.59. The molecule has 1 N–H and O–H groups in total. The van der Waals surface area contributed by atoms with E-state index in [-0.39, 0.29) is 12.1 Å². The van der Waals surface area contributed by atoms with Gasteiger partial charge in [-0.2, -0.15) is 0 Å². The van der Waals surface area contributed by atoms with Crippen molar-refractivity contribution in [3.05, 3.63) is 86.1 Å². The van der Waals surface area contributed by atoms with Crippen molar-refractivity contribution in [3.8, 4) is 0 Å². The average molecular weight is 405 g/mol. The molecule has 0 radical (unpaired) electrons. The Balaban J connectivity index is 1.72. The van der Waals surface area contributed by atoms with E-state index in [9.17, 15) is 4.79 Å². The first-order chi connectivity index (χ1) is 14.0. The molecule has 29 heavy (non-hydrogen) atoms. The van der Waals surface area contributed by atoms with Gasteiger partial charge in [0.2, 0.25) is 0 Å². The molecule has 150 valence electrons. The van der Waals surface area contributed by atoms with E-state index in [1.807, 2.05) is 41.4 Å². The van der Waals surface area contributed by atoms with Gasteiger partial charge in [-0.25, -0.2) is 4.79 Å². The Morgan fingerprint density at radius 1 is 1.14 bits per heavy atom. The van der Waals surface area contributed by atoms with Gasteiger partial charge in [0.25, 0.3) is 0 Å². The Morgan fingerprint density at radius 2 is 1.90 bits per heavy atom. The topological polar surface area (TPSA) is 32.3 Å². The standard InChI is InChI=1S/C25H28N2OS/c1-5-20-18(4)29-24-21(20)13-14-27(23(24)19-9-7-6-8-10-19)25(28)26-22-12-11-16(2)15-17(22)3/h6-12,15,23H,5,13-14H2,1-4H3,(H,26,28)/t23-/m0/s1. The van der Waals surface area contributed by atoms with Crippen molar-refractivity contribution >= 4 is 23.1 Å². The number of aryl methyl sites for hydroxylation is 3. The minimum Gasteiger partial charge on any atom is -0.312 e. The normalized spacial score (nSPS) is 15.9. The lowest BCUT2D eigenvalue weighted by Crippen LogP contribution is -2.42. The predicted molar refractivity (Wildman–Crippen MR) is 122 cm³/mol. The number of nitrogens with zero attached hydrogens (tertiary/aromatic N) is 1. The third-order valence-electron chi connectivity index (χ3n) is 5.87. The van der Waals surface area contributed by atoms with Crippen LogP contribution in [0.2, 0.25) is 0 Å². The number of anilines is 1. The summed E-state index contributed by atoms with van der Waals surface area (Å²) in [4.78, 5) is 18.1. The third-order valence-corrected chi connectivity index (χ3v) is 7.11. The maximum Gasteiger partial charge on any atom is 0.322 e. The molecule has 2 aromatic carbocycles. The van der Waals surface area contributed by atoms with E-state index in [0.717, 1.165) is 30.6 Å². The number of thiophene rings is 1. The zero-order valence-electron chi connectivity index (χ0n) is 17.6. The van der Waals surface area contributed by atoms with E-state index in [1.54, 1.807) is 0 Å². The highest BCUT2D eigenvalue weighted by Gasteiger charge is 2.35. The highest BCUT2D eigenvalue weighted by atomic mass is 32.1. The highest BCUT2D eigenvalue weighted by Crippen LogP contribution is 2.43. The molecular weight excluding hydrogens is 376 g/mol. The van der Waals surface area contributed by atoms with Crippen LogP contribution in [0, 0.1) is 20.8 Å². The number of rotatable bonds is 3. The molecule has 1 aromatic heterocycles. The first-order valence-corrected chi connectivity index (χ1v) is 11.1. The van der Waals surface area contributed by atoms with Crippen LogP contribution in [-0.4, -0.2) is 17.5 Å². The lowest BCUT2D eigenvalue weighted by atomic mass is 9.92. The molecule has 0 saturated carbocycles. The molecule has 3 aromatic rings. The van der Waals surface area contributed by atoms with Crippen molar-refractivity contribution in [3.63, 3.8) is 0 Å². The second-order valence-electron chi connectivity index (χ2n) is 7.84. The number of hydrogen-bond donors (Lipinski definition) is 1. The monoisotopic (exact) mass is 404 g/mol. The fraction of sp³-hybridized carbons (Fsp3) is 0.320. The van der Waals surface area contributed by atoms with E-state index in [0.29, 0.717) is 0 Å². The van der Waals surface area contributed by atoms with Crippen molar-refractivity contribution < 1.29 is 4.79 Å². The fourth-order valence-corrected chi connectivity index (χ4v) is 5.88. The maximum atomic E-state index is 13.4. The minimum absolute atomic E-state index is 0.0273. The van der Waals surface area contributed by atoms with Crippen LogP contribution >= 0.6 is 11.3 Å². The summed E-state index contributed by atoms with van der Waals surface area (Å²) < 4.78 is 0. The molecule has 0 saturated heterocycles. The Labute approximate surface area is 177 Å². The summed E-state index contributed by atoms with van der Waals surface area (Å²) in [7, 11) is 0. The number of benzene rings is 2. The van der Waals surface area contributed by atoms with Crippen LogP contribution in [0.1, 0.15) is 50.5 Å². The fourth-order valence-electron chi connectivity index (χ4n) is 4.44. The Kier molecular flexibility index (Phi) is 5.46. The summed E-state index contributed by atoms with van der Waals surface area (Å²) in [5.74, 6) is 0. The summed E-state index contributed by atoms with van der Waals surface area (Å²) in [5.41, 5.74) is 7.28. The summed E-state index contributed by atoms with van der Waals surface area (Å²) in [6.07, 6.45) is 1.97. The molecule has 2 amide bonds. The predicted octanol–water partition coefficient (Wildman–Crippen LogP) is 6.42. The van der Waals surface area contributed by atoms with Crippen molar-refractivity contribution in [2.24, 2.45) is 0 Å². The van der Waals surface area contributed by atoms with Gasteiger partial charge in [0.1, 0.15) is 0 Å². The molecule has 1 atom stereocenters.